The predicted octanol–water partition coefficient (Wildman–Crippen LogP) is 1.47. The third-order valence-electron chi connectivity index (χ3n) is 2.23. The van der Waals surface area contributed by atoms with E-state index < -0.39 is 11.6 Å². The fourth-order valence-corrected chi connectivity index (χ4v) is 1.40. The minimum Gasteiger partial charge on any atom is -0.368 e. The van der Waals surface area contributed by atoms with E-state index in [1.165, 1.54) is 6.07 Å². The van der Waals surface area contributed by atoms with Crippen LogP contribution in [0.15, 0.2) is 18.2 Å². The van der Waals surface area contributed by atoms with Crippen LogP contribution >= 0.6 is 0 Å². The van der Waals surface area contributed by atoms with Crippen LogP contribution in [0.2, 0.25) is 0 Å². The van der Waals surface area contributed by atoms with Crippen molar-refractivity contribution in [3.05, 3.63) is 29.8 Å². The molecule has 7 heteroatoms. The Hall–Kier alpha value is -2.31. The molecule has 2 N–H and O–H groups in total. The van der Waals surface area contributed by atoms with Gasteiger partial charge < -0.3 is 10.6 Å². The Balaban J connectivity index is 2.64. The molecule has 0 radical (unpaired) electrons. The summed E-state index contributed by atoms with van der Waals surface area (Å²) in [5.74, 6) is -1.47. The summed E-state index contributed by atoms with van der Waals surface area (Å²) in [5, 5.41) is 0. The van der Waals surface area contributed by atoms with Crippen molar-refractivity contribution < 1.29 is 8.78 Å². The number of aromatic nitrogens is 3. The van der Waals surface area contributed by atoms with Gasteiger partial charge in [0.25, 0.3) is 0 Å². The van der Waals surface area contributed by atoms with E-state index in [1.807, 2.05) is 0 Å². The highest BCUT2D eigenvalue weighted by Crippen LogP contribution is 2.24. The van der Waals surface area contributed by atoms with Crippen molar-refractivity contribution >= 4 is 11.9 Å². The SMILES string of the molecule is CN(C)c1nc(N)nc(-c2c(F)cccc2F)n1. The number of nitrogen functional groups attached to an aromatic ring is 1. The Morgan fingerprint density at radius 3 is 2.22 bits per heavy atom. The van der Waals surface area contributed by atoms with Crippen molar-refractivity contribution in [3.63, 3.8) is 0 Å². The Kier molecular flexibility index (Phi) is 3.05. The molecule has 0 saturated carbocycles. The summed E-state index contributed by atoms with van der Waals surface area (Å²) in [6, 6.07) is 3.53. The van der Waals surface area contributed by atoms with E-state index in [-0.39, 0.29) is 23.3 Å². The molecule has 0 aliphatic rings. The summed E-state index contributed by atoms with van der Waals surface area (Å²) in [6.45, 7) is 0. The fourth-order valence-electron chi connectivity index (χ4n) is 1.40. The molecular weight excluding hydrogens is 240 g/mol. The molecule has 1 aromatic carbocycles. The van der Waals surface area contributed by atoms with Gasteiger partial charge in [-0.15, -0.1) is 0 Å². The van der Waals surface area contributed by atoms with Crippen LogP contribution in [-0.2, 0) is 0 Å². The average Bonchev–Trinajstić information content (AvgIpc) is 2.28. The molecule has 0 bridgehead atoms. The Morgan fingerprint density at radius 1 is 1.06 bits per heavy atom. The first-order chi connectivity index (χ1) is 8.49. The molecule has 2 rings (SSSR count). The zero-order valence-corrected chi connectivity index (χ0v) is 9.85. The molecule has 0 atom stereocenters. The fraction of sp³-hybridized carbons (Fsp3) is 0.182. The summed E-state index contributed by atoms with van der Waals surface area (Å²) in [7, 11) is 3.38. The molecule has 0 spiro atoms. The number of anilines is 2. The van der Waals surface area contributed by atoms with Crippen LogP contribution < -0.4 is 10.6 Å². The summed E-state index contributed by atoms with van der Waals surface area (Å²) >= 11 is 0. The van der Waals surface area contributed by atoms with Crippen molar-refractivity contribution in [2.75, 3.05) is 24.7 Å². The van der Waals surface area contributed by atoms with Crippen LogP contribution in [0.1, 0.15) is 0 Å². The maximum atomic E-state index is 13.6. The second-order valence-corrected chi connectivity index (χ2v) is 3.81. The van der Waals surface area contributed by atoms with Crippen molar-refractivity contribution in [2.24, 2.45) is 0 Å². The molecule has 2 aromatic rings. The lowest BCUT2D eigenvalue weighted by Crippen LogP contribution is -2.15. The molecule has 5 nitrogen and oxygen atoms in total. The van der Waals surface area contributed by atoms with Gasteiger partial charge in [0, 0.05) is 14.1 Å². The second kappa shape index (κ2) is 4.52. The standard InChI is InChI=1S/C11H11F2N5/c1-18(2)11-16-9(15-10(14)17-11)8-6(12)4-3-5-7(8)13/h3-5H,1-2H3,(H2,14,15,16,17). The first kappa shape index (κ1) is 12.2. The third kappa shape index (κ3) is 2.20. The molecule has 1 heterocycles. The van der Waals surface area contributed by atoms with Crippen LogP contribution in [0.5, 0.6) is 0 Å². The van der Waals surface area contributed by atoms with Crippen molar-refractivity contribution in [3.8, 4) is 11.4 Å². The van der Waals surface area contributed by atoms with Crippen LogP contribution in [0.3, 0.4) is 0 Å². The predicted molar refractivity (Wildman–Crippen MR) is 63.9 cm³/mol. The van der Waals surface area contributed by atoms with Crippen LogP contribution in [0, 0.1) is 11.6 Å². The van der Waals surface area contributed by atoms with Gasteiger partial charge >= 0.3 is 0 Å². The minimum absolute atomic E-state index is 0.0913. The molecule has 0 saturated heterocycles. The summed E-state index contributed by atoms with van der Waals surface area (Å²) < 4.78 is 27.2. The molecule has 1 aromatic heterocycles. The number of nitrogens with two attached hydrogens (primary N) is 1. The van der Waals surface area contributed by atoms with Crippen LogP contribution in [-0.4, -0.2) is 29.0 Å². The van der Waals surface area contributed by atoms with Gasteiger partial charge in [-0.05, 0) is 12.1 Å². The zero-order valence-electron chi connectivity index (χ0n) is 9.85. The summed E-state index contributed by atoms with van der Waals surface area (Å²) in [4.78, 5) is 13.2. The first-order valence-electron chi connectivity index (χ1n) is 5.12. The highest BCUT2D eigenvalue weighted by Gasteiger charge is 2.16. The number of rotatable bonds is 2. The van der Waals surface area contributed by atoms with E-state index in [9.17, 15) is 8.78 Å². The van der Waals surface area contributed by atoms with Crippen LogP contribution in [0.25, 0.3) is 11.4 Å². The van der Waals surface area contributed by atoms with Gasteiger partial charge in [0.2, 0.25) is 11.9 Å². The molecular formula is C11H11F2N5. The Labute approximate surface area is 102 Å². The van der Waals surface area contributed by atoms with Crippen molar-refractivity contribution in [2.45, 2.75) is 0 Å². The van der Waals surface area contributed by atoms with E-state index in [0.29, 0.717) is 0 Å². The molecule has 18 heavy (non-hydrogen) atoms. The molecule has 0 aliphatic heterocycles. The van der Waals surface area contributed by atoms with Gasteiger partial charge in [0.05, 0.1) is 5.56 Å². The van der Waals surface area contributed by atoms with Gasteiger partial charge in [-0.1, -0.05) is 6.07 Å². The molecule has 94 valence electrons. The molecule has 0 unspecified atom stereocenters. The Bertz CT molecular complexity index is 565. The average molecular weight is 251 g/mol. The van der Waals surface area contributed by atoms with E-state index in [4.69, 9.17) is 5.73 Å². The maximum absolute atomic E-state index is 13.6. The van der Waals surface area contributed by atoms with Gasteiger partial charge in [-0.3, -0.25) is 0 Å². The number of hydrogen-bond acceptors (Lipinski definition) is 5. The topological polar surface area (TPSA) is 67.9 Å². The highest BCUT2D eigenvalue weighted by molar-refractivity contribution is 5.59. The van der Waals surface area contributed by atoms with Crippen LogP contribution in [0.4, 0.5) is 20.7 Å². The quantitative estimate of drug-likeness (QED) is 0.875. The van der Waals surface area contributed by atoms with E-state index in [1.54, 1.807) is 19.0 Å². The highest BCUT2D eigenvalue weighted by atomic mass is 19.1. The molecule has 0 fully saturated rings. The molecule has 0 aliphatic carbocycles. The largest absolute Gasteiger partial charge is 0.368 e. The van der Waals surface area contributed by atoms with E-state index in [2.05, 4.69) is 15.0 Å². The Morgan fingerprint density at radius 2 is 1.67 bits per heavy atom. The monoisotopic (exact) mass is 251 g/mol. The molecule has 0 amide bonds. The normalized spacial score (nSPS) is 10.4. The second-order valence-electron chi connectivity index (χ2n) is 3.81. The third-order valence-corrected chi connectivity index (χ3v) is 2.23. The lowest BCUT2D eigenvalue weighted by molar-refractivity contribution is 0.587. The number of hydrogen-bond donors (Lipinski definition) is 1. The van der Waals surface area contributed by atoms with Gasteiger partial charge in [0.1, 0.15) is 11.6 Å². The van der Waals surface area contributed by atoms with Gasteiger partial charge in [-0.25, -0.2) is 8.78 Å². The number of nitrogens with zero attached hydrogens (tertiary/aromatic N) is 4. The van der Waals surface area contributed by atoms with E-state index in [0.717, 1.165) is 12.1 Å². The van der Waals surface area contributed by atoms with Crippen molar-refractivity contribution in [1.82, 2.24) is 15.0 Å². The first-order valence-corrected chi connectivity index (χ1v) is 5.12. The maximum Gasteiger partial charge on any atom is 0.230 e. The summed E-state index contributed by atoms with van der Waals surface area (Å²) in [6.07, 6.45) is 0. The minimum atomic E-state index is -0.745. The lowest BCUT2D eigenvalue weighted by atomic mass is 10.2. The van der Waals surface area contributed by atoms with E-state index >= 15 is 0 Å². The smallest absolute Gasteiger partial charge is 0.230 e. The number of halogens is 2. The van der Waals surface area contributed by atoms with Gasteiger partial charge in [0.15, 0.2) is 5.82 Å². The zero-order chi connectivity index (χ0) is 13.3. The van der Waals surface area contributed by atoms with Gasteiger partial charge in [-0.2, -0.15) is 15.0 Å². The number of benzene rings is 1. The summed E-state index contributed by atoms with van der Waals surface area (Å²) in [5.41, 5.74) is 5.19. The lowest BCUT2D eigenvalue weighted by Gasteiger charge is -2.11. The van der Waals surface area contributed by atoms with Crippen molar-refractivity contribution in [1.29, 1.82) is 0 Å².